The Bertz CT molecular complexity index is 335. The van der Waals surface area contributed by atoms with Crippen molar-refractivity contribution in [1.29, 1.82) is 0 Å². The van der Waals surface area contributed by atoms with E-state index in [1.54, 1.807) is 21.3 Å². The van der Waals surface area contributed by atoms with Crippen molar-refractivity contribution in [2.24, 2.45) is 0 Å². The van der Waals surface area contributed by atoms with Crippen LogP contribution in [0, 0.1) is 13.8 Å². The van der Waals surface area contributed by atoms with Crippen molar-refractivity contribution in [1.82, 2.24) is 0 Å². The van der Waals surface area contributed by atoms with Gasteiger partial charge in [0.25, 0.3) is 5.97 Å². The Hall–Kier alpha value is -0.900. The molecule has 0 amide bonds. The fraction of sp³-hybridized carbons (Fsp3) is 0.538. The largest absolute Gasteiger partial charge is 0.331 e. The van der Waals surface area contributed by atoms with E-state index in [9.17, 15) is 0 Å². The second kappa shape index (κ2) is 5.43. The topological polar surface area (TPSA) is 27.7 Å². The summed E-state index contributed by atoms with van der Waals surface area (Å²) in [5.41, 5.74) is 3.67. The summed E-state index contributed by atoms with van der Waals surface area (Å²) in [6.07, 6.45) is 0.567. The number of ether oxygens (including phenoxy) is 3. The molecular weight excluding hydrogens is 204 g/mol. The lowest BCUT2D eigenvalue weighted by Crippen LogP contribution is -2.38. The molecule has 0 aliphatic carbocycles. The van der Waals surface area contributed by atoms with Crippen molar-refractivity contribution in [3.63, 3.8) is 0 Å². The van der Waals surface area contributed by atoms with Crippen molar-refractivity contribution in [2.75, 3.05) is 21.3 Å². The maximum Gasteiger partial charge on any atom is 0.286 e. The minimum Gasteiger partial charge on any atom is -0.331 e. The zero-order valence-electron chi connectivity index (χ0n) is 10.7. The average molecular weight is 224 g/mol. The van der Waals surface area contributed by atoms with Gasteiger partial charge in [0.2, 0.25) is 0 Å². The Morgan fingerprint density at radius 3 is 1.94 bits per heavy atom. The summed E-state index contributed by atoms with van der Waals surface area (Å²) in [5.74, 6) is -0.984. The van der Waals surface area contributed by atoms with Gasteiger partial charge in [-0.3, -0.25) is 0 Å². The molecule has 0 saturated carbocycles. The summed E-state index contributed by atoms with van der Waals surface area (Å²) in [6.45, 7) is 4.18. The lowest BCUT2D eigenvalue weighted by molar-refractivity contribution is -0.350. The number of methoxy groups -OCH3 is 3. The molecule has 0 aromatic heterocycles. The van der Waals surface area contributed by atoms with Gasteiger partial charge < -0.3 is 14.2 Å². The molecule has 0 radical (unpaired) electrons. The molecule has 1 rings (SSSR count). The van der Waals surface area contributed by atoms with Crippen molar-refractivity contribution in [3.8, 4) is 0 Å². The SMILES string of the molecule is COC(Cc1ccc(C)c(C)c1)(OC)OC. The fourth-order valence-electron chi connectivity index (χ4n) is 1.63. The molecule has 1 aromatic rings. The fourth-order valence-corrected chi connectivity index (χ4v) is 1.63. The maximum atomic E-state index is 5.27. The van der Waals surface area contributed by atoms with E-state index in [0.717, 1.165) is 5.56 Å². The minimum atomic E-state index is -0.984. The molecule has 0 atom stereocenters. The van der Waals surface area contributed by atoms with E-state index >= 15 is 0 Å². The van der Waals surface area contributed by atoms with Gasteiger partial charge in [-0.25, -0.2) is 0 Å². The van der Waals surface area contributed by atoms with Crippen molar-refractivity contribution < 1.29 is 14.2 Å². The quantitative estimate of drug-likeness (QED) is 0.719. The molecule has 0 fully saturated rings. The Morgan fingerprint density at radius 2 is 1.50 bits per heavy atom. The minimum absolute atomic E-state index is 0.567. The lowest BCUT2D eigenvalue weighted by atomic mass is 10.0. The maximum absolute atomic E-state index is 5.27. The highest BCUT2D eigenvalue weighted by molar-refractivity contribution is 5.30. The van der Waals surface area contributed by atoms with E-state index in [1.165, 1.54) is 11.1 Å². The van der Waals surface area contributed by atoms with Crippen LogP contribution < -0.4 is 0 Å². The van der Waals surface area contributed by atoms with Gasteiger partial charge in [0.05, 0.1) is 6.42 Å². The van der Waals surface area contributed by atoms with Crippen LogP contribution in [0.1, 0.15) is 16.7 Å². The molecule has 0 spiro atoms. The number of benzene rings is 1. The summed E-state index contributed by atoms with van der Waals surface area (Å²) in [7, 11) is 4.73. The zero-order valence-corrected chi connectivity index (χ0v) is 10.7. The van der Waals surface area contributed by atoms with Gasteiger partial charge in [-0.15, -0.1) is 0 Å². The van der Waals surface area contributed by atoms with Crippen molar-refractivity contribution in [2.45, 2.75) is 26.2 Å². The van der Waals surface area contributed by atoms with Crippen LogP contribution in [-0.4, -0.2) is 27.3 Å². The van der Waals surface area contributed by atoms with Gasteiger partial charge in [-0.05, 0) is 30.5 Å². The van der Waals surface area contributed by atoms with E-state index in [1.807, 2.05) is 0 Å². The highest BCUT2D eigenvalue weighted by Gasteiger charge is 2.29. The van der Waals surface area contributed by atoms with Crippen LogP contribution in [0.5, 0.6) is 0 Å². The van der Waals surface area contributed by atoms with E-state index in [4.69, 9.17) is 14.2 Å². The molecule has 0 saturated heterocycles. The first-order valence-electron chi connectivity index (χ1n) is 5.28. The Kier molecular flexibility index (Phi) is 4.47. The van der Waals surface area contributed by atoms with Gasteiger partial charge in [0, 0.05) is 21.3 Å². The molecule has 0 heterocycles. The summed E-state index contributed by atoms with van der Waals surface area (Å²) in [6, 6.07) is 6.28. The molecule has 90 valence electrons. The van der Waals surface area contributed by atoms with E-state index in [2.05, 4.69) is 32.0 Å². The third kappa shape index (κ3) is 2.82. The van der Waals surface area contributed by atoms with Crippen LogP contribution >= 0.6 is 0 Å². The zero-order chi connectivity index (χ0) is 12.2. The molecule has 3 nitrogen and oxygen atoms in total. The highest BCUT2D eigenvalue weighted by Crippen LogP contribution is 2.20. The van der Waals surface area contributed by atoms with Crippen molar-refractivity contribution >= 4 is 0 Å². The first-order valence-corrected chi connectivity index (χ1v) is 5.28. The van der Waals surface area contributed by atoms with E-state index in [-0.39, 0.29) is 0 Å². The third-order valence-corrected chi connectivity index (χ3v) is 2.92. The molecule has 0 bridgehead atoms. The standard InChI is InChI=1S/C13H20O3/c1-10-6-7-12(8-11(10)2)9-13(14-3,15-4)16-5/h6-8H,9H2,1-5H3. The molecule has 0 aliphatic rings. The average Bonchev–Trinajstić information content (AvgIpc) is 2.31. The smallest absolute Gasteiger partial charge is 0.286 e. The molecule has 3 heteroatoms. The van der Waals surface area contributed by atoms with Gasteiger partial charge in [-0.1, -0.05) is 18.2 Å². The first kappa shape index (κ1) is 13.2. The third-order valence-electron chi connectivity index (χ3n) is 2.92. The highest BCUT2D eigenvalue weighted by atomic mass is 16.9. The molecule has 16 heavy (non-hydrogen) atoms. The van der Waals surface area contributed by atoms with Crippen LogP contribution in [0.4, 0.5) is 0 Å². The van der Waals surface area contributed by atoms with Gasteiger partial charge in [-0.2, -0.15) is 0 Å². The van der Waals surface area contributed by atoms with Crippen molar-refractivity contribution in [3.05, 3.63) is 34.9 Å². The predicted molar refractivity (Wildman–Crippen MR) is 63.4 cm³/mol. The molecule has 0 N–H and O–H groups in total. The number of rotatable bonds is 5. The number of hydrogen-bond donors (Lipinski definition) is 0. The van der Waals surface area contributed by atoms with E-state index in [0.29, 0.717) is 6.42 Å². The molecule has 1 aromatic carbocycles. The van der Waals surface area contributed by atoms with Crippen LogP contribution in [0.25, 0.3) is 0 Å². The summed E-state index contributed by atoms with van der Waals surface area (Å²) in [5, 5.41) is 0. The molecular formula is C13H20O3. The van der Waals surface area contributed by atoms with Crippen LogP contribution in [-0.2, 0) is 20.6 Å². The van der Waals surface area contributed by atoms with Crippen LogP contribution in [0.3, 0.4) is 0 Å². The van der Waals surface area contributed by atoms with Gasteiger partial charge >= 0.3 is 0 Å². The Labute approximate surface area is 97.3 Å². The van der Waals surface area contributed by atoms with Crippen LogP contribution in [0.2, 0.25) is 0 Å². The second-order valence-corrected chi connectivity index (χ2v) is 3.89. The Morgan fingerprint density at radius 1 is 0.938 bits per heavy atom. The summed E-state index contributed by atoms with van der Waals surface area (Å²) in [4.78, 5) is 0. The monoisotopic (exact) mass is 224 g/mol. The predicted octanol–water partition coefficient (Wildman–Crippen LogP) is 2.44. The summed E-state index contributed by atoms with van der Waals surface area (Å²) >= 11 is 0. The number of hydrogen-bond acceptors (Lipinski definition) is 3. The molecule has 0 aliphatic heterocycles. The first-order chi connectivity index (χ1) is 7.56. The van der Waals surface area contributed by atoms with Crippen LogP contribution in [0.15, 0.2) is 18.2 Å². The molecule has 0 unspecified atom stereocenters. The second-order valence-electron chi connectivity index (χ2n) is 3.89. The van der Waals surface area contributed by atoms with E-state index < -0.39 is 5.97 Å². The normalized spacial score (nSPS) is 11.8. The van der Waals surface area contributed by atoms with Gasteiger partial charge in [0.1, 0.15) is 0 Å². The Balaban J connectivity index is 2.89. The lowest BCUT2D eigenvalue weighted by Gasteiger charge is -2.28. The summed E-state index contributed by atoms with van der Waals surface area (Å²) < 4.78 is 15.8. The number of aryl methyl sites for hydroxylation is 2. The van der Waals surface area contributed by atoms with Gasteiger partial charge in [0.15, 0.2) is 0 Å².